The summed E-state index contributed by atoms with van der Waals surface area (Å²) in [5.74, 6) is 0. The van der Waals surface area contributed by atoms with Crippen molar-refractivity contribution in [1.82, 2.24) is 9.97 Å². The third kappa shape index (κ3) is 6.69. The second kappa shape index (κ2) is 8.45. The molecule has 0 aliphatic carbocycles. The van der Waals surface area contributed by atoms with Crippen LogP contribution in [0.15, 0.2) is 42.6 Å². The number of pyridine rings is 1. The van der Waals surface area contributed by atoms with Gasteiger partial charge in [-0.1, -0.05) is 95.2 Å². The van der Waals surface area contributed by atoms with E-state index in [-0.39, 0.29) is 21.7 Å². The van der Waals surface area contributed by atoms with Crippen molar-refractivity contribution in [1.29, 1.82) is 0 Å². The quantitative estimate of drug-likeness (QED) is 0.388. The number of aromatic amines is 1. The molecular weight excluding hydrogens is 376 g/mol. The van der Waals surface area contributed by atoms with Crippen LogP contribution in [0.4, 0.5) is 0 Å². The van der Waals surface area contributed by atoms with Gasteiger partial charge < -0.3 is 4.98 Å². The number of rotatable bonds is 0. The lowest BCUT2D eigenvalue weighted by atomic mass is 9.86. The molecule has 31 heavy (non-hydrogen) atoms. The molecular formula is C29H44N2. The molecule has 0 radical (unpaired) electrons. The minimum atomic E-state index is 0.149. The molecule has 0 amide bonds. The Balaban J connectivity index is 0.000000225. The molecule has 0 spiro atoms. The first-order valence-corrected chi connectivity index (χ1v) is 11.5. The number of nitrogens with zero attached hydrogens (tertiary/aromatic N) is 1. The van der Waals surface area contributed by atoms with Crippen molar-refractivity contribution in [3.63, 3.8) is 0 Å². The molecule has 0 unspecified atom stereocenters. The Morgan fingerprint density at radius 1 is 0.581 bits per heavy atom. The van der Waals surface area contributed by atoms with Crippen molar-refractivity contribution >= 4 is 10.9 Å². The van der Waals surface area contributed by atoms with Gasteiger partial charge >= 0.3 is 0 Å². The van der Waals surface area contributed by atoms with Crippen LogP contribution in [-0.4, -0.2) is 9.97 Å². The minimum Gasteiger partial charge on any atom is -0.358 e. The van der Waals surface area contributed by atoms with Gasteiger partial charge in [0.2, 0.25) is 0 Å². The SMILES string of the molecule is CC(C)(C)c1ccc(C(C)(C)C)nc1.CC(C)(C)c1ccc2[nH]c(C(C)(C)C)cc2c1. The number of benzene rings is 1. The van der Waals surface area contributed by atoms with E-state index in [1.807, 2.05) is 6.20 Å². The molecule has 0 aliphatic rings. The van der Waals surface area contributed by atoms with Crippen LogP contribution in [-0.2, 0) is 21.7 Å². The lowest BCUT2D eigenvalue weighted by Gasteiger charge is -2.22. The van der Waals surface area contributed by atoms with Crippen LogP contribution in [0.3, 0.4) is 0 Å². The summed E-state index contributed by atoms with van der Waals surface area (Å²) in [5.41, 5.74) is 7.13. The maximum Gasteiger partial charge on any atom is 0.0457 e. The molecule has 0 saturated heterocycles. The Hall–Kier alpha value is -2.09. The van der Waals surface area contributed by atoms with Crippen LogP contribution in [0.25, 0.3) is 10.9 Å². The molecule has 0 atom stereocenters. The van der Waals surface area contributed by atoms with Gasteiger partial charge in [-0.25, -0.2) is 0 Å². The van der Waals surface area contributed by atoms with Crippen molar-refractivity contribution < 1.29 is 0 Å². The van der Waals surface area contributed by atoms with E-state index in [0.29, 0.717) is 0 Å². The zero-order chi connectivity index (χ0) is 23.8. The largest absolute Gasteiger partial charge is 0.358 e. The molecule has 0 bridgehead atoms. The number of aromatic nitrogens is 2. The Bertz CT molecular complexity index is 948. The van der Waals surface area contributed by atoms with Crippen molar-refractivity contribution in [2.45, 2.75) is 105 Å². The first kappa shape index (κ1) is 25.2. The predicted octanol–water partition coefficient (Wildman–Crippen LogP) is 8.44. The van der Waals surface area contributed by atoms with Gasteiger partial charge in [0.05, 0.1) is 0 Å². The summed E-state index contributed by atoms with van der Waals surface area (Å²) in [4.78, 5) is 8.03. The summed E-state index contributed by atoms with van der Waals surface area (Å²) in [6.45, 7) is 26.7. The van der Waals surface area contributed by atoms with Gasteiger partial charge in [-0.3, -0.25) is 4.98 Å². The van der Waals surface area contributed by atoms with Crippen LogP contribution >= 0.6 is 0 Å². The van der Waals surface area contributed by atoms with E-state index < -0.39 is 0 Å². The number of H-pyrrole nitrogens is 1. The van der Waals surface area contributed by atoms with Crippen LogP contribution in [0.1, 0.15) is 106 Å². The van der Waals surface area contributed by atoms with Crippen molar-refractivity contribution in [2.24, 2.45) is 0 Å². The van der Waals surface area contributed by atoms with Gasteiger partial charge in [0, 0.05) is 33.9 Å². The monoisotopic (exact) mass is 420 g/mol. The lowest BCUT2D eigenvalue weighted by molar-refractivity contribution is 0.556. The van der Waals surface area contributed by atoms with E-state index >= 15 is 0 Å². The second-order valence-corrected chi connectivity index (χ2v) is 12.9. The highest BCUT2D eigenvalue weighted by molar-refractivity contribution is 5.81. The standard InChI is InChI=1S/C16H23N.C13H21N/c1-15(2,3)12-7-8-13-11(9-12)10-14(17-13)16(4,5)6;1-12(2,3)10-7-8-11(14-9-10)13(4,5)6/h7-10,17H,1-6H3;7-9H,1-6H3. The average molecular weight is 421 g/mol. The molecule has 170 valence electrons. The average Bonchev–Trinajstić information content (AvgIpc) is 3.04. The zero-order valence-corrected chi connectivity index (χ0v) is 22.0. The first-order chi connectivity index (χ1) is 13.9. The Morgan fingerprint density at radius 3 is 1.55 bits per heavy atom. The zero-order valence-electron chi connectivity index (χ0n) is 22.0. The first-order valence-electron chi connectivity index (χ1n) is 11.5. The van der Waals surface area contributed by atoms with Crippen LogP contribution in [0.2, 0.25) is 0 Å². The fourth-order valence-corrected chi connectivity index (χ4v) is 3.28. The highest BCUT2D eigenvalue weighted by Crippen LogP contribution is 2.30. The van der Waals surface area contributed by atoms with Crippen LogP contribution in [0, 0.1) is 0 Å². The summed E-state index contributed by atoms with van der Waals surface area (Å²) < 4.78 is 0. The van der Waals surface area contributed by atoms with Crippen molar-refractivity contribution in [3.8, 4) is 0 Å². The number of nitrogens with one attached hydrogen (secondary N) is 1. The third-order valence-corrected chi connectivity index (χ3v) is 5.69. The van der Waals surface area contributed by atoms with E-state index in [1.54, 1.807) is 0 Å². The fourth-order valence-electron chi connectivity index (χ4n) is 3.28. The maximum absolute atomic E-state index is 4.52. The van der Waals surface area contributed by atoms with Gasteiger partial charge in [-0.15, -0.1) is 0 Å². The molecule has 0 saturated carbocycles. The third-order valence-electron chi connectivity index (χ3n) is 5.69. The van der Waals surface area contributed by atoms with Gasteiger partial charge in [0.1, 0.15) is 0 Å². The van der Waals surface area contributed by atoms with Crippen molar-refractivity contribution in [3.05, 3.63) is 65.1 Å². The van der Waals surface area contributed by atoms with E-state index in [2.05, 4.69) is 129 Å². The highest BCUT2D eigenvalue weighted by atomic mass is 14.7. The molecule has 0 fully saturated rings. The summed E-state index contributed by atoms with van der Waals surface area (Å²) in [6, 6.07) is 13.3. The van der Waals surface area contributed by atoms with Gasteiger partial charge in [0.25, 0.3) is 0 Å². The Morgan fingerprint density at radius 2 is 1.13 bits per heavy atom. The summed E-state index contributed by atoms with van der Waals surface area (Å²) in [5, 5.41) is 1.32. The molecule has 2 nitrogen and oxygen atoms in total. The second-order valence-electron chi connectivity index (χ2n) is 12.9. The number of fused-ring (bicyclic) bond motifs is 1. The maximum atomic E-state index is 4.52. The fraction of sp³-hybridized carbons (Fsp3) is 0.552. The van der Waals surface area contributed by atoms with Crippen LogP contribution < -0.4 is 0 Å². The molecule has 0 aliphatic heterocycles. The molecule has 1 aromatic carbocycles. The summed E-state index contributed by atoms with van der Waals surface area (Å²) in [6.07, 6.45) is 2.00. The predicted molar refractivity (Wildman–Crippen MR) is 137 cm³/mol. The molecule has 3 aromatic rings. The van der Waals surface area contributed by atoms with E-state index in [9.17, 15) is 0 Å². The Kier molecular flexibility index (Phi) is 6.86. The van der Waals surface area contributed by atoms with E-state index in [0.717, 1.165) is 5.69 Å². The molecule has 2 aromatic heterocycles. The lowest BCUT2D eigenvalue weighted by Crippen LogP contribution is -2.16. The van der Waals surface area contributed by atoms with Gasteiger partial charge in [-0.05, 0) is 51.6 Å². The highest BCUT2D eigenvalue weighted by Gasteiger charge is 2.19. The molecule has 1 N–H and O–H groups in total. The van der Waals surface area contributed by atoms with E-state index in [1.165, 1.54) is 27.7 Å². The van der Waals surface area contributed by atoms with Crippen LogP contribution in [0.5, 0.6) is 0 Å². The van der Waals surface area contributed by atoms with Gasteiger partial charge in [-0.2, -0.15) is 0 Å². The number of hydrogen-bond donors (Lipinski definition) is 1. The topological polar surface area (TPSA) is 28.7 Å². The normalized spacial score (nSPS) is 13.2. The number of hydrogen-bond acceptors (Lipinski definition) is 1. The van der Waals surface area contributed by atoms with Gasteiger partial charge in [0.15, 0.2) is 0 Å². The summed E-state index contributed by atoms with van der Waals surface area (Å²) >= 11 is 0. The summed E-state index contributed by atoms with van der Waals surface area (Å²) in [7, 11) is 0. The minimum absolute atomic E-state index is 0.149. The Labute approximate surface area is 190 Å². The molecule has 3 rings (SSSR count). The van der Waals surface area contributed by atoms with Crippen molar-refractivity contribution in [2.75, 3.05) is 0 Å². The molecule has 2 heteroatoms. The molecule has 2 heterocycles. The smallest absolute Gasteiger partial charge is 0.0457 e. The van der Waals surface area contributed by atoms with E-state index in [4.69, 9.17) is 0 Å².